The number of aromatic nitrogens is 2. The molecule has 0 atom stereocenters. The van der Waals surface area contributed by atoms with Gasteiger partial charge in [-0.3, -0.25) is 4.72 Å². The lowest BCUT2D eigenvalue weighted by molar-refractivity contribution is 0.601. The van der Waals surface area contributed by atoms with Crippen molar-refractivity contribution in [2.75, 3.05) is 4.72 Å². The number of hydrogen-bond acceptors (Lipinski definition) is 3. The van der Waals surface area contributed by atoms with E-state index in [9.17, 15) is 8.42 Å². The van der Waals surface area contributed by atoms with Gasteiger partial charge in [0, 0.05) is 5.69 Å². The third-order valence-electron chi connectivity index (χ3n) is 3.15. The van der Waals surface area contributed by atoms with Gasteiger partial charge in [0.15, 0.2) is 0 Å². The highest BCUT2D eigenvalue weighted by Gasteiger charge is 2.15. The van der Waals surface area contributed by atoms with Crippen LogP contribution in [-0.2, 0) is 10.0 Å². The molecule has 8 heteroatoms. The van der Waals surface area contributed by atoms with E-state index < -0.39 is 10.0 Å². The standard InChI is InChI=1S/C15H11Cl2N3O2S/c16-13-6-5-12(7-14(13)17)23(21,22)20-11-3-1-10(2-4-11)15-8-18-9-19-15/h1-9,20H,(H,18,19). The molecule has 0 spiro atoms. The maximum atomic E-state index is 12.3. The van der Waals surface area contributed by atoms with Crippen molar-refractivity contribution in [3.63, 3.8) is 0 Å². The van der Waals surface area contributed by atoms with Crippen LogP contribution in [0.5, 0.6) is 0 Å². The van der Waals surface area contributed by atoms with Crippen molar-refractivity contribution in [3.8, 4) is 11.3 Å². The molecule has 0 fully saturated rings. The molecule has 0 aliphatic carbocycles. The van der Waals surface area contributed by atoms with Crippen LogP contribution in [0.1, 0.15) is 0 Å². The fourth-order valence-electron chi connectivity index (χ4n) is 1.99. The Kier molecular flexibility index (Phi) is 4.30. The topological polar surface area (TPSA) is 74.8 Å². The van der Waals surface area contributed by atoms with Crippen LogP contribution in [0.15, 0.2) is 59.9 Å². The number of benzene rings is 2. The predicted octanol–water partition coefficient (Wildman–Crippen LogP) is 4.18. The molecule has 1 heterocycles. The molecule has 0 unspecified atom stereocenters. The normalized spacial score (nSPS) is 11.4. The van der Waals surface area contributed by atoms with Crippen molar-refractivity contribution >= 4 is 38.9 Å². The first-order chi connectivity index (χ1) is 11.0. The monoisotopic (exact) mass is 367 g/mol. The zero-order valence-corrected chi connectivity index (χ0v) is 14.0. The quantitative estimate of drug-likeness (QED) is 0.725. The zero-order valence-electron chi connectivity index (χ0n) is 11.6. The van der Waals surface area contributed by atoms with Crippen LogP contribution in [0, 0.1) is 0 Å². The third-order valence-corrected chi connectivity index (χ3v) is 5.27. The maximum Gasteiger partial charge on any atom is 0.261 e. The van der Waals surface area contributed by atoms with E-state index in [2.05, 4.69) is 14.7 Å². The molecule has 0 radical (unpaired) electrons. The van der Waals surface area contributed by atoms with Gasteiger partial charge in [0.1, 0.15) is 0 Å². The second-order valence-electron chi connectivity index (χ2n) is 4.72. The molecule has 3 rings (SSSR count). The van der Waals surface area contributed by atoms with Crippen molar-refractivity contribution in [3.05, 3.63) is 65.0 Å². The van der Waals surface area contributed by atoms with E-state index in [0.29, 0.717) is 10.7 Å². The minimum atomic E-state index is -3.73. The molecule has 0 amide bonds. The van der Waals surface area contributed by atoms with Gasteiger partial charge in [-0.25, -0.2) is 13.4 Å². The van der Waals surface area contributed by atoms with E-state index in [1.807, 2.05) is 0 Å². The van der Waals surface area contributed by atoms with Crippen LogP contribution in [0.25, 0.3) is 11.3 Å². The van der Waals surface area contributed by atoms with Gasteiger partial charge in [0.05, 0.1) is 33.2 Å². The van der Waals surface area contributed by atoms with E-state index in [1.54, 1.807) is 36.8 Å². The Labute approximate surface area is 143 Å². The molecule has 23 heavy (non-hydrogen) atoms. The average Bonchev–Trinajstić information content (AvgIpc) is 3.04. The molecule has 0 saturated heterocycles. The summed E-state index contributed by atoms with van der Waals surface area (Å²) in [6, 6.07) is 11.1. The largest absolute Gasteiger partial charge is 0.345 e. The third kappa shape index (κ3) is 3.50. The number of H-pyrrole nitrogens is 1. The number of rotatable bonds is 4. The van der Waals surface area contributed by atoms with Gasteiger partial charge < -0.3 is 4.98 Å². The Balaban J connectivity index is 1.84. The minimum absolute atomic E-state index is 0.0459. The van der Waals surface area contributed by atoms with Crippen LogP contribution in [0.3, 0.4) is 0 Å². The smallest absolute Gasteiger partial charge is 0.261 e. The fraction of sp³-hybridized carbons (Fsp3) is 0. The van der Waals surface area contributed by atoms with Gasteiger partial charge in [0.25, 0.3) is 10.0 Å². The van der Waals surface area contributed by atoms with Gasteiger partial charge in [0.2, 0.25) is 0 Å². The molecule has 0 aliphatic heterocycles. The molecular weight excluding hydrogens is 357 g/mol. The lowest BCUT2D eigenvalue weighted by Crippen LogP contribution is -2.12. The van der Waals surface area contributed by atoms with Gasteiger partial charge in [-0.15, -0.1) is 0 Å². The van der Waals surface area contributed by atoms with Crippen molar-refractivity contribution in [2.45, 2.75) is 4.90 Å². The molecule has 3 aromatic rings. The van der Waals surface area contributed by atoms with Crippen LogP contribution in [-0.4, -0.2) is 18.4 Å². The molecule has 118 valence electrons. The number of hydrogen-bond donors (Lipinski definition) is 2. The van der Waals surface area contributed by atoms with Crippen LogP contribution >= 0.6 is 23.2 Å². The molecule has 2 N–H and O–H groups in total. The zero-order chi connectivity index (χ0) is 16.4. The second kappa shape index (κ2) is 6.23. The summed E-state index contributed by atoms with van der Waals surface area (Å²) in [4.78, 5) is 6.97. The van der Waals surface area contributed by atoms with E-state index in [1.165, 1.54) is 18.2 Å². The highest BCUT2D eigenvalue weighted by Crippen LogP contribution is 2.26. The lowest BCUT2D eigenvalue weighted by Gasteiger charge is -2.09. The molecule has 0 saturated carbocycles. The number of nitrogens with one attached hydrogen (secondary N) is 2. The van der Waals surface area contributed by atoms with E-state index in [-0.39, 0.29) is 9.92 Å². The second-order valence-corrected chi connectivity index (χ2v) is 7.22. The van der Waals surface area contributed by atoms with Gasteiger partial charge >= 0.3 is 0 Å². The van der Waals surface area contributed by atoms with Crippen molar-refractivity contribution < 1.29 is 8.42 Å². The first kappa shape index (κ1) is 15.9. The summed E-state index contributed by atoms with van der Waals surface area (Å²) in [5.41, 5.74) is 2.20. The Bertz CT molecular complexity index is 924. The average molecular weight is 368 g/mol. The minimum Gasteiger partial charge on any atom is -0.345 e. The van der Waals surface area contributed by atoms with Crippen molar-refractivity contribution in [1.82, 2.24) is 9.97 Å². The molecule has 5 nitrogen and oxygen atoms in total. The summed E-state index contributed by atoms with van der Waals surface area (Å²) < 4.78 is 27.2. The molecule has 2 aromatic carbocycles. The first-order valence-electron chi connectivity index (χ1n) is 6.52. The molecular formula is C15H11Cl2N3O2S. The lowest BCUT2D eigenvalue weighted by atomic mass is 10.1. The highest BCUT2D eigenvalue weighted by atomic mass is 35.5. The Hall–Kier alpha value is -2.02. The van der Waals surface area contributed by atoms with Crippen LogP contribution < -0.4 is 4.72 Å². The molecule has 1 aromatic heterocycles. The number of sulfonamides is 1. The van der Waals surface area contributed by atoms with Crippen LogP contribution in [0.2, 0.25) is 10.0 Å². The van der Waals surface area contributed by atoms with Crippen molar-refractivity contribution in [1.29, 1.82) is 0 Å². The van der Waals surface area contributed by atoms with E-state index in [4.69, 9.17) is 23.2 Å². The van der Waals surface area contributed by atoms with Gasteiger partial charge in [-0.1, -0.05) is 35.3 Å². The maximum absolute atomic E-state index is 12.3. The van der Waals surface area contributed by atoms with E-state index in [0.717, 1.165) is 11.3 Å². The Morgan fingerprint density at radius 3 is 2.35 bits per heavy atom. The number of aromatic amines is 1. The van der Waals surface area contributed by atoms with Gasteiger partial charge in [-0.05, 0) is 35.9 Å². The first-order valence-corrected chi connectivity index (χ1v) is 8.76. The Morgan fingerprint density at radius 2 is 1.74 bits per heavy atom. The van der Waals surface area contributed by atoms with E-state index >= 15 is 0 Å². The number of imidazole rings is 1. The SMILES string of the molecule is O=S(=O)(Nc1ccc(-c2cnc[nH]2)cc1)c1ccc(Cl)c(Cl)c1. The number of anilines is 1. The van der Waals surface area contributed by atoms with Crippen LogP contribution in [0.4, 0.5) is 5.69 Å². The highest BCUT2D eigenvalue weighted by molar-refractivity contribution is 7.92. The predicted molar refractivity (Wildman–Crippen MR) is 91.3 cm³/mol. The molecule has 0 bridgehead atoms. The van der Waals surface area contributed by atoms with Crippen molar-refractivity contribution in [2.24, 2.45) is 0 Å². The molecule has 0 aliphatic rings. The summed E-state index contributed by atoms with van der Waals surface area (Å²) >= 11 is 11.7. The summed E-state index contributed by atoms with van der Waals surface area (Å²) in [5, 5.41) is 0.485. The Morgan fingerprint density at radius 1 is 1.00 bits per heavy atom. The van der Waals surface area contributed by atoms with Gasteiger partial charge in [-0.2, -0.15) is 0 Å². The fourth-order valence-corrected chi connectivity index (χ4v) is 3.44. The number of halogens is 2. The summed E-state index contributed by atoms with van der Waals surface area (Å²) in [6.45, 7) is 0. The summed E-state index contributed by atoms with van der Waals surface area (Å²) in [7, 11) is -3.73. The number of nitrogens with zero attached hydrogens (tertiary/aromatic N) is 1. The summed E-state index contributed by atoms with van der Waals surface area (Å²) in [6.07, 6.45) is 3.27. The summed E-state index contributed by atoms with van der Waals surface area (Å²) in [5.74, 6) is 0.